The molecule has 0 radical (unpaired) electrons. The molecule has 0 heterocycles. The molecule has 4 saturated carbocycles. The summed E-state index contributed by atoms with van der Waals surface area (Å²) in [6.07, 6.45) is 4.95. The summed E-state index contributed by atoms with van der Waals surface area (Å²) in [6.45, 7) is 4.11. The highest BCUT2D eigenvalue weighted by molar-refractivity contribution is 5.82. The Hall–Kier alpha value is -1.10. The maximum atomic E-state index is 12.5. The van der Waals surface area contributed by atoms with Crippen LogP contribution < -0.4 is 11.1 Å². The van der Waals surface area contributed by atoms with Crippen molar-refractivity contribution in [3.8, 4) is 0 Å². The molecule has 4 fully saturated rings. The normalized spacial score (nSPS) is 39.6. The van der Waals surface area contributed by atoms with Gasteiger partial charge in [-0.1, -0.05) is 0 Å². The summed E-state index contributed by atoms with van der Waals surface area (Å²) in [5.74, 6) is 1.43. The summed E-state index contributed by atoms with van der Waals surface area (Å²) in [6, 6.07) is 0.202. The molecule has 5 nitrogen and oxygen atoms in total. The van der Waals surface area contributed by atoms with Crippen molar-refractivity contribution >= 4 is 11.9 Å². The molecular formula is C17H28N2O3. The van der Waals surface area contributed by atoms with Crippen LogP contribution in [0.2, 0.25) is 0 Å². The van der Waals surface area contributed by atoms with E-state index in [4.69, 9.17) is 10.5 Å². The zero-order chi connectivity index (χ0) is 16.1. The number of ether oxygens (including phenoxy) is 1. The van der Waals surface area contributed by atoms with Crippen LogP contribution >= 0.6 is 0 Å². The number of carbonyl (C=O) groups excluding carboxylic acids is 2. The Bertz CT molecular complexity index is 472. The van der Waals surface area contributed by atoms with Crippen LogP contribution in [0.4, 0.5) is 0 Å². The molecule has 3 N–H and O–H groups in total. The molecule has 124 valence electrons. The maximum Gasteiger partial charge on any atom is 0.311 e. The second-order valence-electron chi connectivity index (χ2n) is 8.33. The average molecular weight is 308 g/mol. The second-order valence-corrected chi connectivity index (χ2v) is 8.33. The molecule has 0 aromatic carbocycles. The van der Waals surface area contributed by atoms with Crippen molar-refractivity contribution in [1.82, 2.24) is 5.32 Å². The summed E-state index contributed by atoms with van der Waals surface area (Å²) >= 11 is 0. The minimum atomic E-state index is -0.533. The van der Waals surface area contributed by atoms with Crippen LogP contribution in [0.5, 0.6) is 0 Å². The lowest BCUT2D eigenvalue weighted by Gasteiger charge is -2.58. The van der Waals surface area contributed by atoms with E-state index in [1.54, 1.807) is 0 Å². The molecule has 0 aromatic heterocycles. The number of hydrogen-bond donors (Lipinski definition) is 2. The number of rotatable bonds is 4. The Kier molecular flexibility index (Phi) is 3.75. The number of esters is 1. The van der Waals surface area contributed by atoms with Gasteiger partial charge in [0.2, 0.25) is 5.91 Å². The number of methoxy groups -OCH3 is 1. The van der Waals surface area contributed by atoms with Gasteiger partial charge < -0.3 is 15.8 Å². The average Bonchev–Trinajstić information content (AvgIpc) is 2.49. The fourth-order valence-electron chi connectivity index (χ4n) is 5.17. The molecule has 4 bridgehead atoms. The van der Waals surface area contributed by atoms with Crippen molar-refractivity contribution in [3.05, 3.63) is 0 Å². The van der Waals surface area contributed by atoms with Crippen LogP contribution in [0.3, 0.4) is 0 Å². The molecule has 1 amide bonds. The molecular weight excluding hydrogens is 280 g/mol. The van der Waals surface area contributed by atoms with Crippen molar-refractivity contribution in [2.75, 3.05) is 13.7 Å². The third kappa shape index (κ3) is 2.34. The molecule has 4 rings (SSSR count). The van der Waals surface area contributed by atoms with E-state index in [0.29, 0.717) is 24.3 Å². The lowest BCUT2D eigenvalue weighted by molar-refractivity contribution is -0.171. The number of amides is 1. The van der Waals surface area contributed by atoms with Gasteiger partial charge in [0.1, 0.15) is 0 Å². The standard InChI is InChI=1S/C17H28N2O3/c1-16(2,9-18)14(20)19-13-11-4-10-5-12(13)8-17(6-10,7-11)15(21)22-3/h10-13H,4-9,18H2,1-3H3,(H,19,20). The van der Waals surface area contributed by atoms with E-state index >= 15 is 0 Å². The molecule has 0 saturated heterocycles. The first-order chi connectivity index (χ1) is 10.3. The molecule has 4 aliphatic rings. The Labute approximate surface area is 132 Å². The largest absolute Gasteiger partial charge is 0.469 e. The Balaban J connectivity index is 1.76. The van der Waals surface area contributed by atoms with Gasteiger partial charge in [0.25, 0.3) is 0 Å². The van der Waals surface area contributed by atoms with Gasteiger partial charge in [0.15, 0.2) is 0 Å². The first-order valence-corrected chi connectivity index (χ1v) is 8.41. The summed E-state index contributed by atoms with van der Waals surface area (Å²) in [5.41, 5.74) is 4.90. The Morgan fingerprint density at radius 2 is 1.82 bits per heavy atom. The Morgan fingerprint density at radius 3 is 2.32 bits per heavy atom. The van der Waals surface area contributed by atoms with E-state index < -0.39 is 5.41 Å². The van der Waals surface area contributed by atoms with Gasteiger partial charge in [-0.25, -0.2) is 0 Å². The van der Waals surface area contributed by atoms with Gasteiger partial charge in [-0.3, -0.25) is 9.59 Å². The monoisotopic (exact) mass is 308 g/mol. The molecule has 0 spiro atoms. The van der Waals surface area contributed by atoms with Crippen LogP contribution in [0.25, 0.3) is 0 Å². The van der Waals surface area contributed by atoms with E-state index in [9.17, 15) is 9.59 Å². The van der Waals surface area contributed by atoms with Gasteiger partial charge in [-0.15, -0.1) is 0 Å². The fourth-order valence-corrected chi connectivity index (χ4v) is 5.17. The van der Waals surface area contributed by atoms with Crippen molar-refractivity contribution in [3.63, 3.8) is 0 Å². The minimum Gasteiger partial charge on any atom is -0.469 e. The van der Waals surface area contributed by atoms with E-state index in [2.05, 4.69) is 5.32 Å². The van der Waals surface area contributed by atoms with Gasteiger partial charge in [0, 0.05) is 12.6 Å². The third-order valence-corrected chi connectivity index (χ3v) is 6.31. The molecule has 5 heteroatoms. The molecule has 22 heavy (non-hydrogen) atoms. The van der Waals surface area contributed by atoms with Crippen molar-refractivity contribution in [2.24, 2.45) is 34.3 Å². The van der Waals surface area contributed by atoms with Gasteiger partial charge in [-0.05, 0) is 63.7 Å². The van der Waals surface area contributed by atoms with Crippen molar-refractivity contribution in [1.29, 1.82) is 0 Å². The van der Waals surface area contributed by atoms with Crippen LogP contribution in [0, 0.1) is 28.6 Å². The van der Waals surface area contributed by atoms with E-state index in [-0.39, 0.29) is 23.3 Å². The predicted octanol–water partition coefficient (Wildman–Crippen LogP) is 1.46. The highest BCUT2D eigenvalue weighted by Crippen LogP contribution is 2.60. The SMILES string of the molecule is COC(=O)C12CC3CC(C1)C(NC(=O)C(C)(C)CN)C(C3)C2. The molecule has 2 unspecified atom stereocenters. The van der Waals surface area contributed by atoms with Crippen LogP contribution in [-0.2, 0) is 14.3 Å². The number of nitrogens with two attached hydrogens (primary N) is 1. The molecule has 0 aromatic rings. The zero-order valence-electron chi connectivity index (χ0n) is 13.9. The smallest absolute Gasteiger partial charge is 0.311 e. The summed E-state index contributed by atoms with van der Waals surface area (Å²) < 4.78 is 5.08. The van der Waals surface area contributed by atoms with Gasteiger partial charge in [-0.2, -0.15) is 0 Å². The topological polar surface area (TPSA) is 81.4 Å². The first-order valence-electron chi connectivity index (χ1n) is 8.41. The third-order valence-electron chi connectivity index (χ3n) is 6.31. The van der Waals surface area contributed by atoms with Crippen LogP contribution in [-0.4, -0.2) is 31.6 Å². The summed E-state index contributed by atoms with van der Waals surface area (Å²) in [5, 5.41) is 3.26. The molecule has 4 aliphatic carbocycles. The summed E-state index contributed by atoms with van der Waals surface area (Å²) in [4.78, 5) is 24.7. The lowest BCUT2D eigenvalue weighted by atomic mass is 9.48. The molecule has 2 atom stereocenters. The summed E-state index contributed by atoms with van der Waals surface area (Å²) in [7, 11) is 1.49. The van der Waals surface area contributed by atoms with E-state index in [1.165, 1.54) is 7.11 Å². The zero-order valence-corrected chi connectivity index (χ0v) is 13.9. The number of hydrogen-bond acceptors (Lipinski definition) is 4. The highest BCUT2D eigenvalue weighted by Gasteiger charge is 2.59. The van der Waals surface area contributed by atoms with Crippen LogP contribution in [0.1, 0.15) is 46.0 Å². The van der Waals surface area contributed by atoms with Gasteiger partial charge in [0.05, 0.1) is 17.9 Å². The maximum absolute atomic E-state index is 12.5. The highest BCUT2D eigenvalue weighted by atomic mass is 16.5. The molecule has 0 aliphatic heterocycles. The van der Waals surface area contributed by atoms with E-state index in [1.807, 2.05) is 13.8 Å². The minimum absolute atomic E-state index is 0.0413. The number of nitrogens with one attached hydrogen (secondary N) is 1. The van der Waals surface area contributed by atoms with Crippen molar-refractivity contribution in [2.45, 2.75) is 52.0 Å². The lowest BCUT2D eigenvalue weighted by Crippen LogP contribution is -2.62. The predicted molar refractivity (Wildman–Crippen MR) is 82.8 cm³/mol. The van der Waals surface area contributed by atoms with Gasteiger partial charge >= 0.3 is 5.97 Å². The Morgan fingerprint density at radius 1 is 1.23 bits per heavy atom. The second kappa shape index (κ2) is 5.22. The van der Waals surface area contributed by atoms with E-state index in [0.717, 1.165) is 32.1 Å². The number of carbonyl (C=O) groups is 2. The fraction of sp³-hybridized carbons (Fsp3) is 0.882. The van der Waals surface area contributed by atoms with Crippen LogP contribution in [0.15, 0.2) is 0 Å². The van der Waals surface area contributed by atoms with Crippen molar-refractivity contribution < 1.29 is 14.3 Å². The quantitative estimate of drug-likeness (QED) is 0.770. The first kappa shape index (κ1) is 15.8.